The lowest BCUT2D eigenvalue weighted by Crippen LogP contribution is -2.19. The summed E-state index contributed by atoms with van der Waals surface area (Å²) in [4.78, 5) is 2.46. The number of thiocarbonyl (C=S) groups is 1. The van der Waals surface area contributed by atoms with Gasteiger partial charge in [-0.05, 0) is 30.2 Å². The summed E-state index contributed by atoms with van der Waals surface area (Å²) in [7, 11) is 1.98. The first-order valence-corrected chi connectivity index (χ1v) is 6.36. The molecule has 2 rings (SSSR count). The van der Waals surface area contributed by atoms with Crippen molar-refractivity contribution in [2.24, 2.45) is 5.73 Å². The van der Waals surface area contributed by atoms with Crippen LogP contribution in [0.3, 0.4) is 0 Å². The smallest absolute Gasteiger partial charge is 0.151 e. The molecule has 0 atom stereocenters. The second-order valence-corrected chi connectivity index (χ2v) is 4.95. The van der Waals surface area contributed by atoms with E-state index in [1.54, 1.807) is 6.20 Å². The molecule has 1 aromatic carbocycles. The molecule has 1 heterocycles. The number of hydrogen-bond donors (Lipinski definition) is 1. The number of aromatic nitrogens is 2. The molecule has 0 aliphatic rings. The van der Waals surface area contributed by atoms with Gasteiger partial charge in [-0.1, -0.05) is 30.4 Å². The molecular weight excluding hydrogens is 256 g/mol. The van der Waals surface area contributed by atoms with Gasteiger partial charge in [0, 0.05) is 19.2 Å². The maximum absolute atomic E-state index is 5.64. The van der Waals surface area contributed by atoms with Crippen molar-refractivity contribution in [3.63, 3.8) is 0 Å². The van der Waals surface area contributed by atoms with E-state index in [4.69, 9.17) is 18.0 Å². The molecule has 0 radical (unpaired) electrons. The predicted molar refractivity (Wildman–Crippen MR) is 81.2 cm³/mol. The van der Waals surface area contributed by atoms with Crippen LogP contribution >= 0.6 is 12.2 Å². The summed E-state index contributed by atoms with van der Waals surface area (Å²) in [6.45, 7) is 2.73. The van der Waals surface area contributed by atoms with Gasteiger partial charge in [0.2, 0.25) is 0 Å². The molecule has 2 aromatic rings. The monoisotopic (exact) mass is 272 g/mol. The maximum Gasteiger partial charge on any atom is 0.151 e. The Labute approximate surface area is 118 Å². The van der Waals surface area contributed by atoms with Gasteiger partial charge in [0.1, 0.15) is 4.99 Å². The Hall–Kier alpha value is -2.01. The first-order valence-electron chi connectivity index (χ1n) is 5.95. The number of anilines is 1. The average molecular weight is 272 g/mol. The van der Waals surface area contributed by atoms with Gasteiger partial charge in [0.25, 0.3) is 0 Å². The number of benzene rings is 1. The van der Waals surface area contributed by atoms with Crippen LogP contribution in [0.5, 0.6) is 0 Å². The Morgan fingerprint density at radius 1 is 1.37 bits per heavy atom. The van der Waals surface area contributed by atoms with Crippen LogP contribution in [0.1, 0.15) is 16.7 Å². The quantitative estimate of drug-likeness (QED) is 0.863. The van der Waals surface area contributed by atoms with Crippen molar-refractivity contribution in [1.29, 1.82) is 0 Å². The minimum atomic E-state index is 0.417. The fourth-order valence-electron chi connectivity index (χ4n) is 1.81. The van der Waals surface area contributed by atoms with Gasteiger partial charge in [-0.15, -0.1) is 5.10 Å². The average Bonchev–Trinajstić information content (AvgIpc) is 2.39. The fourth-order valence-corrected chi connectivity index (χ4v) is 1.94. The Morgan fingerprint density at radius 3 is 2.84 bits per heavy atom. The molecule has 19 heavy (non-hydrogen) atoms. The van der Waals surface area contributed by atoms with Crippen molar-refractivity contribution < 1.29 is 0 Å². The van der Waals surface area contributed by atoms with Crippen molar-refractivity contribution in [2.45, 2.75) is 13.5 Å². The molecular formula is C14H16N4S. The van der Waals surface area contributed by atoms with Crippen molar-refractivity contribution in [1.82, 2.24) is 10.2 Å². The minimum absolute atomic E-state index is 0.417. The Balaban J connectivity index is 2.17. The summed E-state index contributed by atoms with van der Waals surface area (Å²) in [5, 5.41) is 8.08. The summed E-state index contributed by atoms with van der Waals surface area (Å²) in [5.74, 6) is 0.848. The molecule has 0 saturated heterocycles. The molecule has 0 bridgehead atoms. The van der Waals surface area contributed by atoms with E-state index in [1.807, 2.05) is 49.2 Å². The van der Waals surface area contributed by atoms with E-state index in [2.05, 4.69) is 10.2 Å². The van der Waals surface area contributed by atoms with Crippen LogP contribution in [0, 0.1) is 6.92 Å². The van der Waals surface area contributed by atoms with E-state index in [1.165, 1.54) is 0 Å². The van der Waals surface area contributed by atoms with E-state index in [0.717, 1.165) is 29.1 Å². The highest BCUT2D eigenvalue weighted by Crippen LogP contribution is 2.14. The second-order valence-electron chi connectivity index (χ2n) is 4.51. The van der Waals surface area contributed by atoms with Gasteiger partial charge in [0.05, 0.1) is 6.20 Å². The SMILES string of the molecule is Cc1cnnc(N(C)Cc2cccc(C(N)=S)c2)c1. The Kier molecular flexibility index (Phi) is 4.06. The highest BCUT2D eigenvalue weighted by atomic mass is 32.1. The van der Waals surface area contributed by atoms with E-state index in [-0.39, 0.29) is 0 Å². The summed E-state index contributed by atoms with van der Waals surface area (Å²) in [6, 6.07) is 9.92. The van der Waals surface area contributed by atoms with Gasteiger partial charge < -0.3 is 10.6 Å². The molecule has 0 fully saturated rings. The van der Waals surface area contributed by atoms with Gasteiger partial charge in [0.15, 0.2) is 5.82 Å². The maximum atomic E-state index is 5.64. The summed E-state index contributed by atoms with van der Waals surface area (Å²) in [6.07, 6.45) is 1.74. The lowest BCUT2D eigenvalue weighted by atomic mass is 10.1. The van der Waals surface area contributed by atoms with E-state index in [9.17, 15) is 0 Å². The zero-order valence-corrected chi connectivity index (χ0v) is 11.8. The molecule has 0 unspecified atom stereocenters. The molecule has 1 aromatic heterocycles. The number of rotatable bonds is 4. The van der Waals surface area contributed by atoms with Crippen LogP contribution in [0.25, 0.3) is 0 Å². The molecule has 5 heteroatoms. The number of nitrogens with zero attached hydrogens (tertiary/aromatic N) is 3. The van der Waals surface area contributed by atoms with Crippen molar-refractivity contribution in [3.8, 4) is 0 Å². The van der Waals surface area contributed by atoms with E-state index >= 15 is 0 Å². The normalized spacial score (nSPS) is 10.2. The zero-order valence-electron chi connectivity index (χ0n) is 11.0. The number of aryl methyl sites for hydroxylation is 1. The van der Waals surface area contributed by atoms with Crippen molar-refractivity contribution in [2.75, 3.05) is 11.9 Å². The van der Waals surface area contributed by atoms with Gasteiger partial charge in [-0.3, -0.25) is 0 Å². The molecule has 0 aliphatic heterocycles. The van der Waals surface area contributed by atoms with Crippen molar-refractivity contribution >= 4 is 23.0 Å². The van der Waals surface area contributed by atoms with Crippen LogP contribution in [0.4, 0.5) is 5.82 Å². The Bertz CT molecular complexity index is 598. The molecule has 2 N–H and O–H groups in total. The molecule has 98 valence electrons. The first kappa shape index (κ1) is 13.4. The van der Waals surface area contributed by atoms with Crippen LogP contribution < -0.4 is 10.6 Å². The number of hydrogen-bond acceptors (Lipinski definition) is 4. The third kappa shape index (κ3) is 3.48. The lowest BCUT2D eigenvalue weighted by molar-refractivity contribution is 0.862. The van der Waals surface area contributed by atoms with E-state index < -0.39 is 0 Å². The number of nitrogens with two attached hydrogens (primary N) is 1. The van der Waals surface area contributed by atoms with Crippen molar-refractivity contribution in [3.05, 3.63) is 53.2 Å². The highest BCUT2D eigenvalue weighted by Gasteiger charge is 2.05. The van der Waals surface area contributed by atoms with Crippen LogP contribution in [0.2, 0.25) is 0 Å². The summed E-state index contributed by atoms with van der Waals surface area (Å²) >= 11 is 4.99. The van der Waals surface area contributed by atoms with Gasteiger partial charge >= 0.3 is 0 Å². The third-order valence-electron chi connectivity index (χ3n) is 2.80. The standard InChI is InChI=1S/C14H16N4S/c1-10-6-13(17-16-8-10)18(2)9-11-4-3-5-12(7-11)14(15)19/h3-8H,9H2,1-2H3,(H2,15,19). The molecule has 4 nitrogen and oxygen atoms in total. The van der Waals surface area contributed by atoms with E-state index in [0.29, 0.717) is 4.99 Å². The molecule has 0 spiro atoms. The topological polar surface area (TPSA) is 55.0 Å². The van der Waals surface area contributed by atoms with Gasteiger partial charge in [-0.2, -0.15) is 5.10 Å². The van der Waals surface area contributed by atoms with Gasteiger partial charge in [-0.25, -0.2) is 0 Å². The van der Waals surface area contributed by atoms with Crippen LogP contribution in [-0.2, 0) is 6.54 Å². The largest absolute Gasteiger partial charge is 0.389 e. The molecule has 0 saturated carbocycles. The summed E-state index contributed by atoms with van der Waals surface area (Å²) in [5.41, 5.74) is 8.75. The molecule has 0 aliphatic carbocycles. The second kappa shape index (κ2) is 5.75. The summed E-state index contributed by atoms with van der Waals surface area (Å²) < 4.78 is 0. The highest BCUT2D eigenvalue weighted by molar-refractivity contribution is 7.80. The minimum Gasteiger partial charge on any atom is -0.389 e. The first-order chi connectivity index (χ1) is 9.06. The fraction of sp³-hybridized carbons (Fsp3) is 0.214. The lowest BCUT2D eigenvalue weighted by Gasteiger charge is -2.18. The Morgan fingerprint density at radius 2 is 2.16 bits per heavy atom. The molecule has 0 amide bonds. The predicted octanol–water partition coefficient (Wildman–Crippen LogP) is 2.06. The van der Waals surface area contributed by atoms with Crippen LogP contribution in [0.15, 0.2) is 36.5 Å². The zero-order chi connectivity index (χ0) is 13.8. The van der Waals surface area contributed by atoms with Crippen LogP contribution in [-0.4, -0.2) is 22.2 Å². The third-order valence-corrected chi connectivity index (χ3v) is 3.04.